The number of aliphatic hydroxyl groups is 2. The number of halogens is 3. The summed E-state index contributed by atoms with van der Waals surface area (Å²) >= 11 is 0. The molecule has 0 bridgehead atoms. The third-order valence-electron chi connectivity index (χ3n) is 8.35. The molecular weight excluding hydrogens is 607 g/mol. The molecule has 244 valence electrons. The van der Waals surface area contributed by atoms with Crippen LogP contribution in [0.4, 0.5) is 18.0 Å². The van der Waals surface area contributed by atoms with Crippen molar-refractivity contribution in [3.05, 3.63) is 35.8 Å². The van der Waals surface area contributed by atoms with Crippen LogP contribution in [0.2, 0.25) is 0 Å². The first-order chi connectivity index (χ1) is 20.8. The zero-order valence-electron chi connectivity index (χ0n) is 24.9. The van der Waals surface area contributed by atoms with Gasteiger partial charge in [-0.3, -0.25) is 0 Å². The zero-order valence-corrected chi connectivity index (χ0v) is 25.8. The van der Waals surface area contributed by atoms with Gasteiger partial charge in [-0.2, -0.15) is 0 Å². The van der Waals surface area contributed by atoms with Gasteiger partial charge in [0.1, 0.15) is 36.2 Å². The molecule has 4 heterocycles. The lowest BCUT2D eigenvalue weighted by Crippen LogP contribution is -2.57. The van der Waals surface area contributed by atoms with Crippen molar-refractivity contribution in [2.24, 2.45) is 0 Å². The summed E-state index contributed by atoms with van der Waals surface area (Å²) in [6.07, 6.45) is -2.18. The number of aliphatic hydroxyl groups excluding tert-OH is 2. The molecule has 3 fully saturated rings. The second-order valence-corrected chi connectivity index (χ2v) is 14.6. The van der Waals surface area contributed by atoms with Crippen molar-refractivity contribution in [1.29, 1.82) is 0 Å². The number of aromatic nitrogens is 3. The first kappa shape index (κ1) is 32.8. The number of nitrogens with zero attached hydrogens (tertiary/aromatic N) is 5. The summed E-state index contributed by atoms with van der Waals surface area (Å²) < 4.78 is 74.2. The lowest BCUT2D eigenvalue weighted by Gasteiger charge is -2.44. The largest absolute Gasteiger partial charge is 0.444 e. The van der Waals surface area contributed by atoms with Crippen LogP contribution >= 0.6 is 0 Å². The van der Waals surface area contributed by atoms with E-state index < -0.39 is 77.7 Å². The van der Waals surface area contributed by atoms with Crippen molar-refractivity contribution >= 4 is 17.1 Å². The molecule has 3 saturated heterocycles. The van der Waals surface area contributed by atoms with E-state index >= 15 is 0 Å². The summed E-state index contributed by atoms with van der Waals surface area (Å²) in [5, 5.41) is 29.1. The molecule has 1 aromatic carbocycles. The molecule has 0 spiro atoms. The molecule has 2 aromatic rings. The number of carbonyl (C=O) groups is 1. The van der Waals surface area contributed by atoms with Crippen LogP contribution in [-0.4, -0.2) is 119 Å². The monoisotopic (exact) mass is 645 g/mol. The standard InChI is InChI=1S/C28H38F3N5O7S/c1-28(2,3)44(40)34-7-5-16(6-8-34)35-12-17(42-27(35)39)11-21-26(41-4)24(25(38)22(14-37)43-21)36-13-20(32-33-36)15-9-18(29)23(31)19(30)10-15/h9-10,13,16-17,21-22,24-26,37-38H,5-8,11-12,14H2,1-4H3/t17?,21-,22-,24+,25+,26+,44?/m1/s1. The van der Waals surface area contributed by atoms with Crippen LogP contribution in [0.25, 0.3) is 11.3 Å². The molecule has 2 unspecified atom stereocenters. The minimum absolute atomic E-state index is 0.0196. The summed E-state index contributed by atoms with van der Waals surface area (Å²) in [5.74, 6) is -4.38. The van der Waals surface area contributed by atoms with Crippen molar-refractivity contribution in [3.8, 4) is 11.3 Å². The average molecular weight is 646 g/mol. The molecule has 1 amide bonds. The lowest BCUT2D eigenvalue weighted by molar-refractivity contribution is -0.217. The predicted molar refractivity (Wildman–Crippen MR) is 151 cm³/mol. The highest BCUT2D eigenvalue weighted by Crippen LogP contribution is 2.36. The topological polar surface area (TPSA) is 139 Å². The van der Waals surface area contributed by atoms with Gasteiger partial charge in [0.25, 0.3) is 0 Å². The summed E-state index contributed by atoms with van der Waals surface area (Å²) in [6.45, 7) is 6.74. The van der Waals surface area contributed by atoms with E-state index in [0.717, 1.165) is 12.1 Å². The molecule has 1 aromatic heterocycles. The summed E-state index contributed by atoms with van der Waals surface area (Å²) in [4.78, 5) is 14.6. The molecule has 0 aliphatic carbocycles. The SMILES string of the molecule is CO[C@@H]1[C@@H](n2cc(-c3cc(F)c(F)c(F)c3)nn2)[C@@H](O)[C@@H](CO)O[C@@H]1CC1CN(C2CCN(S(=O)C(C)(C)C)CC2)C(=O)O1. The Morgan fingerprint density at radius 2 is 1.80 bits per heavy atom. The third kappa shape index (κ3) is 6.51. The molecule has 3 aliphatic heterocycles. The number of amides is 1. The van der Waals surface area contributed by atoms with Crippen LogP contribution < -0.4 is 0 Å². The maximum absolute atomic E-state index is 13.8. The van der Waals surface area contributed by atoms with Crippen LogP contribution in [0.5, 0.6) is 0 Å². The van der Waals surface area contributed by atoms with E-state index in [2.05, 4.69) is 10.3 Å². The van der Waals surface area contributed by atoms with Gasteiger partial charge in [0.15, 0.2) is 17.5 Å². The molecule has 0 radical (unpaired) electrons. The Kier molecular flexibility index (Phi) is 9.68. The lowest BCUT2D eigenvalue weighted by atomic mass is 9.89. The fraction of sp³-hybridized carbons (Fsp3) is 0.679. The smallest absolute Gasteiger partial charge is 0.410 e. The normalized spacial score (nSPS) is 29.7. The van der Waals surface area contributed by atoms with Gasteiger partial charge in [0.05, 0.1) is 41.2 Å². The molecule has 5 rings (SSSR count). The van der Waals surface area contributed by atoms with Crippen molar-refractivity contribution in [3.63, 3.8) is 0 Å². The van der Waals surface area contributed by atoms with Gasteiger partial charge in [-0.05, 0) is 45.7 Å². The number of rotatable bonds is 8. The Balaban J connectivity index is 1.29. The van der Waals surface area contributed by atoms with Gasteiger partial charge in [-0.15, -0.1) is 5.10 Å². The molecule has 16 heteroatoms. The Hall–Kier alpha value is -2.63. The second-order valence-electron chi connectivity index (χ2n) is 12.3. The average Bonchev–Trinajstić information content (AvgIpc) is 3.62. The fourth-order valence-corrected chi connectivity index (χ4v) is 7.46. The van der Waals surface area contributed by atoms with Crippen LogP contribution in [0.1, 0.15) is 46.1 Å². The van der Waals surface area contributed by atoms with E-state index in [1.54, 1.807) is 4.90 Å². The number of hydrogen-bond donors (Lipinski definition) is 2. The minimum atomic E-state index is -1.61. The third-order valence-corrected chi connectivity index (χ3v) is 10.2. The molecular formula is C28H38F3N5O7S. The van der Waals surface area contributed by atoms with Crippen LogP contribution in [0, 0.1) is 17.5 Å². The van der Waals surface area contributed by atoms with Crippen molar-refractivity contribution < 1.29 is 46.6 Å². The summed E-state index contributed by atoms with van der Waals surface area (Å²) in [7, 11) is 0.269. The van der Waals surface area contributed by atoms with E-state index in [0.29, 0.717) is 32.5 Å². The fourth-order valence-electron chi connectivity index (χ4n) is 6.14. The Morgan fingerprint density at radius 1 is 1.14 bits per heavy atom. The quantitative estimate of drug-likeness (QED) is 0.414. The van der Waals surface area contributed by atoms with Crippen molar-refractivity contribution in [2.75, 3.05) is 33.4 Å². The van der Waals surface area contributed by atoms with Crippen molar-refractivity contribution in [1.82, 2.24) is 24.2 Å². The highest BCUT2D eigenvalue weighted by Gasteiger charge is 2.49. The molecule has 2 N–H and O–H groups in total. The Bertz CT molecular complexity index is 1350. The highest BCUT2D eigenvalue weighted by molar-refractivity contribution is 7.84. The van der Waals surface area contributed by atoms with Gasteiger partial charge < -0.3 is 29.3 Å². The van der Waals surface area contributed by atoms with E-state index in [1.165, 1.54) is 18.0 Å². The van der Waals surface area contributed by atoms with Crippen molar-refractivity contribution in [2.45, 2.75) is 87.4 Å². The number of piperidine rings is 1. The first-order valence-corrected chi connectivity index (χ1v) is 15.6. The molecule has 12 nitrogen and oxygen atoms in total. The minimum Gasteiger partial charge on any atom is -0.444 e. The molecule has 3 aliphatic rings. The number of cyclic esters (lactones) is 1. The maximum atomic E-state index is 13.8. The number of ether oxygens (including phenoxy) is 3. The van der Waals surface area contributed by atoms with E-state index in [9.17, 15) is 32.4 Å². The van der Waals surface area contributed by atoms with Gasteiger partial charge in [-0.1, -0.05) is 5.21 Å². The first-order valence-electron chi connectivity index (χ1n) is 14.5. The van der Waals surface area contributed by atoms with Crippen LogP contribution in [-0.2, 0) is 25.2 Å². The Labute approximate surface area is 255 Å². The van der Waals surface area contributed by atoms with E-state index in [4.69, 9.17) is 14.2 Å². The Morgan fingerprint density at radius 3 is 2.39 bits per heavy atom. The van der Waals surface area contributed by atoms with Gasteiger partial charge in [-0.25, -0.2) is 31.2 Å². The predicted octanol–water partition coefficient (Wildman–Crippen LogP) is 2.18. The van der Waals surface area contributed by atoms with Gasteiger partial charge >= 0.3 is 6.09 Å². The van der Waals surface area contributed by atoms with Gasteiger partial charge in [0, 0.05) is 38.2 Å². The maximum Gasteiger partial charge on any atom is 0.410 e. The molecule has 7 atom stereocenters. The number of carbonyl (C=O) groups excluding carboxylic acids is 1. The second kappa shape index (κ2) is 13.0. The zero-order chi connectivity index (χ0) is 31.9. The van der Waals surface area contributed by atoms with E-state index in [-0.39, 0.29) is 28.5 Å². The summed E-state index contributed by atoms with van der Waals surface area (Å²) in [5.41, 5.74) is -0.0435. The number of benzene rings is 1. The molecule has 0 saturated carbocycles. The van der Waals surface area contributed by atoms with Crippen LogP contribution in [0.3, 0.4) is 0 Å². The molecule has 44 heavy (non-hydrogen) atoms. The highest BCUT2D eigenvalue weighted by atomic mass is 32.2. The van der Waals surface area contributed by atoms with Crippen LogP contribution in [0.15, 0.2) is 18.3 Å². The number of hydrogen-bond acceptors (Lipinski definition) is 9. The summed E-state index contributed by atoms with van der Waals surface area (Å²) in [6, 6.07) is 0.553. The van der Waals surface area contributed by atoms with E-state index in [1.807, 2.05) is 25.1 Å². The number of methoxy groups -OCH3 is 1. The van der Waals surface area contributed by atoms with Gasteiger partial charge in [0.2, 0.25) is 0 Å².